The van der Waals surface area contributed by atoms with Gasteiger partial charge in [-0.25, -0.2) is 8.78 Å². The molecule has 1 amide bonds. The van der Waals surface area contributed by atoms with Crippen LogP contribution in [0.2, 0.25) is 0 Å². The lowest BCUT2D eigenvalue weighted by Gasteiger charge is -2.43. The standard InChI is InChI=1S/C19H19F2NO/c1-19(2)16(12-7-9-13(20)10-8-12)11-15(18(23)22-19)14-5-3-4-6-17(14)21/h3-10,15-16H,11H2,1-2H3,(H,22,23). The molecule has 0 saturated carbocycles. The molecule has 0 aliphatic carbocycles. The van der Waals surface area contributed by atoms with Crippen molar-refractivity contribution in [3.63, 3.8) is 0 Å². The molecule has 2 nitrogen and oxygen atoms in total. The fourth-order valence-corrected chi connectivity index (χ4v) is 3.40. The molecule has 0 radical (unpaired) electrons. The van der Waals surface area contributed by atoms with Crippen molar-refractivity contribution in [3.05, 3.63) is 71.3 Å². The Balaban J connectivity index is 1.98. The maximum absolute atomic E-state index is 14.1. The highest BCUT2D eigenvalue weighted by molar-refractivity contribution is 5.85. The van der Waals surface area contributed by atoms with E-state index >= 15 is 0 Å². The van der Waals surface area contributed by atoms with Crippen molar-refractivity contribution in [1.82, 2.24) is 5.32 Å². The van der Waals surface area contributed by atoms with Gasteiger partial charge in [0.2, 0.25) is 5.91 Å². The summed E-state index contributed by atoms with van der Waals surface area (Å²) in [6, 6.07) is 12.7. The molecule has 1 saturated heterocycles. The molecule has 120 valence electrons. The molecule has 3 rings (SSSR count). The summed E-state index contributed by atoms with van der Waals surface area (Å²) in [5, 5.41) is 3.00. The summed E-state index contributed by atoms with van der Waals surface area (Å²) in [6.45, 7) is 3.88. The first-order chi connectivity index (χ1) is 10.9. The maximum atomic E-state index is 14.1. The Labute approximate surface area is 134 Å². The molecule has 0 aromatic heterocycles. The van der Waals surface area contributed by atoms with Gasteiger partial charge in [0.05, 0.1) is 5.92 Å². The molecule has 1 aliphatic heterocycles. The van der Waals surface area contributed by atoms with Crippen LogP contribution in [0.3, 0.4) is 0 Å². The van der Waals surface area contributed by atoms with Crippen LogP contribution in [0.15, 0.2) is 48.5 Å². The lowest BCUT2D eigenvalue weighted by atomic mass is 9.71. The highest BCUT2D eigenvalue weighted by Crippen LogP contribution is 2.42. The van der Waals surface area contributed by atoms with Gasteiger partial charge in [0.1, 0.15) is 11.6 Å². The van der Waals surface area contributed by atoms with E-state index in [1.165, 1.54) is 18.2 Å². The Kier molecular flexibility index (Phi) is 3.92. The first-order valence-corrected chi connectivity index (χ1v) is 7.70. The van der Waals surface area contributed by atoms with Gasteiger partial charge < -0.3 is 5.32 Å². The first kappa shape index (κ1) is 15.7. The zero-order chi connectivity index (χ0) is 16.6. The van der Waals surface area contributed by atoms with Crippen molar-refractivity contribution in [1.29, 1.82) is 0 Å². The lowest BCUT2D eigenvalue weighted by molar-refractivity contribution is -0.127. The summed E-state index contributed by atoms with van der Waals surface area (Å²) >= 11 is 0. The Bertz CT molecular complexity index is 724. The van der Waals surface area contributed by atoms with Crippen LogP contribution in [0.25, 0.3) is 0 Å². The van der Waals surface area contributed by atoms with E-state index in [9.17, 15) is 13.6 Å². The number of hydrogen-bond donors (Lipinski definition) is 1. The number of amides is 1. The van der Waals surface area contributed by atoms with Crippen LogP contribution in [0.5, 0.6) is 0 Å². The van der Waals surface area contributed by atoms with Crippen LogP contribution in [0, 0.1) is 11.6 Å². The third-order valence-corrected chi connectivity index (χ3v) is 4.66. The third kappa shape index (κ3) is 2.98. The second-order valence-electron chi connectivity index (χ2n) is 6.62. The van der Waals surface area contributed by atoms with E-state index in [-0.39, 0.29) is 23.5 Å². The van der Waals surface area contributed by atoms with Crippen LogP contribution in [0.1, 0.15) is 43.2 Å². The molecular formula is C19H19F2NO. The second kappa shape index (κ2) is 5.76. The monoisotopic (exact) mass is 315 g/mol. The van der Waals surface area contributed by atoms with E-state index in [0.29, 0.717) is 12.0 Å². The minimum Gasteiger partial charge on any atom is -0.350 e. The average Bonchev–Trinajstić information content (AvgIpc) is 2.49. The second-order valence-corrected chi connectivity index (χ2v) is 6.62. The first-order valence-electron chi connectivity index (χ1n) is 7.70. The number of benzene rings is 2. The van der Waals surface area contributed by atoms with Gasteiger partial charge in [-0.15, -0.1) is 0 Å². The van der Waals surface area contributed by atoms with Crippen molar-refractivity contribution >= 4 is 5.91 Å². The quantitative estimate of drug-likeness (QED) is 0.887. The highest BCUT2D eigenvalue weighted by Gasteiger charge is 2.42. The molecule has 1 aliphatic rings. The number of halogens is 2. The van der Waals surface area contributed by atoms with E-state index in [1.807, 2.05) is 13.8 Å². The molecule has 0 bridgehead atoms. The van der Waals surface area contributed by atoms with Gasteiger partial charge >= 0.3 is 0 Å². The molecular weight excluding hydrogens is 296 g/mol. The van der Waals surface area contributed by atoms with Gasteiger partial charge in [-0.05, 0) is 44.0 Å². The summed E-state index contributed by atoms with van der Waals surface area (Å²) in [6.07, 6.45) is 0.491. The van der Waals surface area contributed by atoms with Crippen molar-refractivity contribution in [2.24, 2.45) is 0 Å². The molecule has 2 aromatic rings. The van der Waals surface area contributed by atoms with Gasteiger partial charge in [0.25, 0.3) is 0 Å². The van der Waals surface area contributed by atoms with Crippen LogP contribution in [-0.4, -0.2) is 11.4 Å². The van der Waals surface area contributed by atoms with Crippen molar-refractivity contribution < 1.29 is 13.6 Å². The molecule has 2 atom stereocenters. The highest BCUT2D eigenvalue weighted by atomic mass is 19.1. The van der Waals surface area contributed by atoms with Gasteiger partial charge in [-0.3, -0.25) is 4.79 Å². The number of piperidine rings is 1. The zero-order valence-corrected chi connectivity index (χ0v) is 13.1. The van der Waals surface area contributed by atoms with Gasteiger partial charge in [-0.2, -0.15) is 0 Å². The van der Waals surface area contributed by atoms with Gasteiger partial charge in [0.15, 0.2) is 0 Å². The van der Waals surface area contributed by atoms with Crippen molar-refractivity contribution in [2.75, 3.05) is 0 Å². The average molecular weight is 315 g/mol. The minimum absolute atomic E-state index is 0.0228. The molecule has 23 heavy (non-hydrogen) atoms. The van der Waals surface area contributed by atoms with Crippen molar-refractivity contribution in [3.8, 4) is 0 Å². The number of nitrogens with one attached hydrogen (secondary N) is 1. The van der Waals surface area contributed by atoms with Crippen LogP contribution in [-0.2, 0) is 4.79 Å². The Morgan fingerprint density at radius 2 is 1.70 bits per heavy atom. The number of rotatable bonds is 2. The predicted molar refractivity (Wildman–Crippen MR) is 85.1 cm³/mol. The van der Waals surface area contributed by atoms with E-state index < -0.39 is 11.5 Å². The smallest absolute Gasteiger partial charge is 0.228 e. The topological polar surface area (TPSA) is 29.1 Å². The van der Waals surface area contributed by atoms with E-state index in [2.05, 4.69) is 5.32 Å². The minimum atomic E-state index is -0.542. The molecule has 0 spiro atoms. The van der Waals surface area contributed by atoms with Gasteiger partial charge in [-0.1, -0.05) is 30.3 Å². The third-order valence-electron chi connectivity index (χ3n) is 4.66. The van der Waals surface area contributed by atoms with Crippen molar-refractivity contribution in [2.45, 2.75) is 37.6 Å². The van der Waals surface area contributed by atoms with Crippen LogP contribution in [0.4, 0.5) is 8.78 Å². The van der Waals surface area contributed by atoms with Gasteiger partial charge in [0, 0.05) is 17.0 Å². The molecule has 1 N–H and O–H groups in total. The largest absolute Gasteiger partial charge is 0.350 e. The summed E-state index contributed by atoms with van der Waals surface area (Å²) in [5.74, 6) is -1.40. The normalized spacial score (nSPS) is 23.4. The molecule has 2 unspecified atom stereocenters. The fourth-order valence-electron chi connectivity index (χ4n) is 3.40. The Morgan fingerprint density at radius 1 is 1.04 bits per heavy atom. The molecule has 4 heteroatoms. The summed E-state index contributed by atoms with van der Waals surface area (Å²) < 4.78 is 27.3. The number of carbonyl (C=O) groups is 1. The molecule has 1 heterocycles. The molecule has 2 aromatic carbocycles. The Morgan fingerprint density at radius 3 is 2.35 bits per heavy atom. The number of carbonyl (C=O) groups excluding carboxylic acids is 1. The number of hydrogen-bond acceptors (Lipinski definition) is 1. The summed E-state index contributed by atoms with van der Waals surface area (Å²) in [7, 11) is 0. The van der Waals surface area contributed by atoms with E-state index in [0.717, 1.165) is 5.56 Å². The maximum Gasteiger partial charge on any atom is 0.228 e. The zero-order valence-electron chi connectivity index (χ0n) is 13.1. The van der Waals surface area contributed by atoms with Crippen LogP contribution < -0.4 is 5.32 Å². The van der Waals surface area contributed by atoms with E-state index in [4.69, 9.17) is 0 Å². The SMILES string of the molecule is CC1(C)NC(=O)C(c2ccccc2F)CC1c1ccc(F)cc1. The predicted octanol–water partition coefficient (Wildman–Crippen LogP) is 4.13. The summed E-state index contributed by atoms with van der Waals surface area (Å²) in [4.78, 5) is 12.5. The van der Waals surface area contributed by atoms with Crippen LogP contribution >= 0.6 is 0 Å². The Hall–Kier alpha value is -2.23. The molecule has 1 fully saturated rings. The van der Waals surface area contributed by atoms with E-state index in [1.54, 1.807) is 30.3 Å². The fraction of sp³-hybridized carbons (Fsp3) is 0.316. The lowest BCUT2D eigenvalue weighted by Crippen LogP contribution is -2.54. The summed E-state index contributed by atoms with van der Waals surface area (Å²) in [5.41, 5.74) is 0.877.